The number of halogens is 1. The lowest BCUT2D eigenvalue weighted by Crippen LogP contribution is -2.29. The third-order valence-corrected chi connectivity index (χ3v) is 3.17. The van der Waals surface area contributed by atoms with Gasteiger partial charge in [0.1, 0.15) is 5.82 Å². The maximum absolute atomic E-state index is 11.7. The Labute approximate surface area is 119 Å². The zero-order chi connectivity index (χ0) is 13.8. The molecule has 2 amide bonds. The van der Waals surface area contributed by atoms with Crippen LogP contribution in [0.15, 0.2) is 29.0 Å². The van der Waals surface area contributed by atoms with Crippen LogP contribution in [0.1, 0.15) is 11.3 Å². The molecule has 7 heteroatoms. The highest BCUT2D eigenvalue weighted by Crippen LogP contribution is 2.20. The summed E-state index contributed by atoms with van der Waals surface area (Å²) < 4.78 is 2.46. The number of aryl methyl sites for hydroxylation is 2. The van der Waals surface area contributed by atoms with Gasteiger partial charge in [0.2, 0.25) is 0 Å². The smallest absolute Gasteiger partial charge is 0.320 e. The number of carbonyl (C=O) groups excluding carboxylic acids is 1. The normalized spacial score (nSPS) is 10.3. The lowest BCUT2D eigenvalue weighted by Gasteiger charge is -2.08. The molecule has 2 aromatic heterocycles. The fourth-order valence-electron chi connectivity index (χ4n) is 1.52. The van der Waals surface area contributed by atoms with E-state index in [1.54, 1.807) is 17.1 Å². The number of urea groups is 1. The standard InChI is InChI=1S/C12H14BrN5O/c1-8-5-10(13)11(14-6-8)17-12(19)15-7-9-3-4-16-18(9)2/h3-6H,7H2,1-2H3,(H2,14,15,17,19). The van der Waals surface area contributed by atoms with Gasteiger partial charge < -0.3 is 5.32 Å². The topological polar surface area (TPSA) is 71.8 Å². The molecular formula is C12H14BrN5O. The number of rotatable bonds is 3. The molecule has 0 saturated heterocycles. The zero-order valence-electron chi connectivity index (χ0n) is 10.6. The number of amides is 2. The number of anilines is 1. The summed E-state index contributed by atoms with van der Waals surface area (Å²) in [6.07, 6.45) is 3.38. The summed E-state index contributed by atoms with van der Waals surface area (Å²) in [4.78, 5) is 15.9. The number of carbonyl (C=O) groups is 1. The van der Waals surface area contributed by atoms with Gasteiger partial charge in [-0.2, -0.15) is 5.10 Å². The van der Waals surface area contributed by atoms with E-state index in [1.165, 1.54) is 0 Å². The van der Waals surface area contributed by atoms with Crippen LogP contribution in [0.25, 0.3) is 0 Å². The van der Waals surface area contributed by atoms with Gasteiger partial charge in [-0.25, -0.2) is 9.78 Å². The van der Waals surface area contributed by atoms with Crippen molar-refractivity contribution in [3.8, 4) is 0 Å². The lowest BCUT2D eigenvalue weighted by molar-refractivity contribution is 0.251. The van der Waals surface area contributed by atoms with Crippen molar-refractivity contribution in [1.82, 2.24) is 20.1 Å². The molecule has 0 aromatic carbocycles. The lowest BCUT2D eigenvalue weighted by atomic mass is 10.3. The number of nitrogens with one attached hydrogen (secondary N) is 2. The van der Waals surface area contributed by atoms with Crippen LogP contribution in [-0.4, -0.2) is 20.8 Å². The minimum atomic E-state index is -0.307. The molecule has 6 nitrogen and oxygen atoms in total. The highest BCUT2D eigenvalue weighted by Gasteiger charge is 2.07. The van der Waals surface area contributed by atoms with E-state index in [0.717, 1.165) is 15.7 Å². The molecule has 0 aliphatic rings. The summed E-state index contributed by atoms with van der Waals surface area (Å²) >= 11 is 3.36. The molecule has 0 fully saturated rings. The van der Waals surface area contributed by atoms with E-state index in [4.69, 9.17) is 0 Å². The Morgan fingerprint density at radius 3 is 2.95 bits per heavy atom. The Kier molecular flexibility index (Phi) is 4.16. The van der Waals surface area contributed by atoms with Crippen molar-refractivity contribution in [3.05, 3.63) is 40.3 Å². The van der Waals surface area contributed by atoms with Gasteiger partial charge in [0.15, 0.2) is 0 Å². The summed E-state index contributed by atoms with van der Waals surface area (Å²) in [6.45, 7) is 2.34. The minimum Gasteiger partial charge on any atom is -0.332 e. The number of pyridine rings is 1. The van der Waals surface area contributed by atoms with Crippen molar-refractivity contribution < 1.29 is 4.79 Å². The van der Waals surface area contributed by atoms with Crippen LogP contribution in [0.3, 0.4) is 0 Å². The Bertz CT molecular complexity index is 596. The van der Waals surface area contributed by atoms with Crippen LogP contribution < -0.4 is 10.6 Å². The predicted octanol–water partition coefficient (Wildman–Crippen LogP) is 2.21. The van der Waals surface area contributed by atoms with Crippen molar-refractivity contribution in [2.75, 3.05) is 5.32 Å². The second-order valence-corrected chi connectivity index (χ2v) is 4.95. The molecule has 2 N–H and O–H groups in total. The van der Waals surface area contributed by atoms with Crippen LogP contribution in [0.2, 0.25) is 0 Å². The molecule has 2 aromatic rings. The Balaban J connectivity index is 1.93. The summed E-state index contributed by atoms with van der Waals surface area (Å²) in [6, 6.07) is 3.43. The third kappa shape index (κ3) is 3.54. The molecule has 0 spiro atoms. The van der Waals surface area contributed by atoms with Crippen molar-refractivity contribution >= 4 is 27.8 Å². The molecule has 0 unspecified atom stereocenters. The fourth-order valence-corrected chi connectivity index (χ4v) is 2.09. The van der Waals surface area contributed by atoms with Crippen LogP contribution in [0.5, 0.6) is 0 Å². The second kappa shape index (κ2) is 5.83. The highest BCUT2D eigenvalue weighted by molar-refractivity contribution is 9.10. The van der Waals surface area contributed by atoms with Gasteiger partial charge in [-0.3, -0.25) is 10.00 Å². The Morgan fingerprint density at radius 2 is 2.32 bits per heavy atom. The quantitative estimate of drug-likeness (QED) is 0.909. The number of nitrogens with zero attached hydrogens (tertiary/aromatic N) is 3. The molecule has 0 aliphatic heterocycles. The summed E-state index contributed by atoms with van der Waals surface area (Å²) in [5.74, 6) is 0.494. The fraction of sp³-hybridized carbons (Fsp3) is 0.250. The minimum absolute atomic E-state index is 0.307. The van der Waals surface area contributed by atoms with Gasteiger partial charge in [-0.15, -0.1) is 0 Å². The van der Waals surface area contributed by atoms with Gasteiger partial charge in [0.05, 0.1) is 16.7 Å². The van der Waals surface area contributed by atoms with E-state index >= 15 is 0 Å². The molecular weight excluding hydrogens is 310 g/mol. The van der Waals surface area contributed by atoms with Crippen molar-refractivity contribution in [3.63, 3.8) is 0 Å². The van der Waals surface area contributed by atoms with E-state index in [0.29, 0.717) is 12.4 Å². The van der Waals surface area contributed by atoms with Gasteiger partial charge in [-0.05, 0) is 40.5 Å². The number of hydrogen-bond donors (Lipinski definition) is 2. The van der Waals surface area contributed by atoms with Crippen molar-refractivity contribution in [2.24, 2.45) is 7.05 Å². The Hall–Kier alpha value is -1.89. The van der Waals surface area contributed by atoms with Crippen LogP contribution in [0.4, 0.5) is 10.6 Å². The first-order valence-corrected chi connectivity index (χ1v) is 6.49. The summed E-state index contributed by atoms with van der Waals surface area (Å²) in [5, 5.41) is 9.45. The molecule has 100 valence electrons. The highest BCUT2D eigenvalue weighted by atomic mass is 79.9. The Morgan fingerprint density at radius 1 is 1.53 bits per heavy atom. The first-order valence-electron chi connectivity index (χ1n) is 5.70. The second-order valence-electron chi connectivity index (χ2n) is 4.10. The first kappa shape index (κ1) is 13.5. The van der Waals surface area contributed by atoms with Crippen LogP contribution in [0, 0.1) is 6.92 Å². The van der Waals surface area contributed by atoms with Crippen molar-refractivity contribution in [1.29, 1.82) is 0 Å². The van der Waals surface area contributed by atoms with Crippen LogP contribution >= 0.6 is 15.9 Å². The summed E-state index contributed by atoms with van der Waals surface area (Å²) in [7, 11) is 1.83. The molecule has 0 radical (unpaired) electrons. The average Bonchev–Trinajstić information content (AvgIpc) is 2.76. The van der Waals surface area contributed by atoms with Gasteiger partial charge in [-0.1, -0.05) is 0 Å². The maximum atomic E-state index is 11.7. The molecule has 0 bridgehead atoms. The van der Waals surface area contributed by atoms with E-state index in [1.807, 2.05) is 26.1 Å². The first-order chi connectivity index (χ1) is 9.06. The number of hydrogen-bond acceptors (Lipinski definition) is 3. The SMILES string of the molecule is Cc1cnc(NC(=O)NCc2ccnn2C)c(Br)c1. The van der Waals surface area contributed by atoms with E-state index in [-0.39, 0.29) is 6.03 Å². The molecule has 2 heterocycles. The van der Waals surface area contributed by atoms with Crippen LogP contribution in [-0.2, 0) is 13.6 Å². The van der Waals surface area contributed by atoms with E-state index in [2.05, 4.69) is 36.6 Å². The number of aromatic nitrogens is 3. The van der Waals surface area contributed by atoms with Gasteiger partial charge >= 0.3 is 6.03 Å². The third-order valence-electron chi connectivity index (χ3n) is 2.56. The largest absolute Gasteiger partial charge is 0.332 e. The average molecular weight is 324 g/mol. The molecule has 0 saturated carbocycles. The van der Waals surface area contributed by atoms with E-state index in [9.17, 15) is 4.79 Å². The zero-order valence-corrected chi connectivity index (χ0v) is 12.2. The van der Waals surface area contributed by atoms with E-state index < -0.39 is 0 Å². The van der Waals surface area contributed by atoms with Gasteiger partial charge in [0.25, 0.3) is 0 Å². The molecule has 0 atom stereocenters. The predicted molar refractivity (Wildman–Crippen MR) is 75.7 cm³/mol. The molecule has 0 aliphatic carbocycles. The van der Waals surface area contributed by atoms with Crippen molar-refractivity contribution in [2.45, 2.75) is 13.5 Å². The maximum Gasteiger partial charge on any atom is 0.320 e. The monoisotopic (exact) mass is 323 g/mol. The summed E-state index contributed by atoms with van der Waals surface area (Å²) in [5.41, 5.74) is 1.94. The van der Waals surface area contributed by atoms with Gasteiger partial charge in [0, 0.05) is 19.4 Å². The molecule has 2 rings (SSSR count). The molecule has 19 heavy (non-hydrogen) atoms.